The van der Waals surface area contributed by atoms with Gasteiger partial charge in [0.25, 0.3) is 5.91 Å². The molecular weight excluding hydrogens is 274 g/mol. The summed E-state index contributed by atoms with van der Waals surface area (Å²) in [5.74, 6) is -0.296. The maximum absolute atomic E-state index is 12.4. The molecule has 0 saturated heterocycles. The number of carbonyl (C=O) groups is 2. The Hall–Kier alpha value is -2.42. The molecule has 0 bridgehead atoms. The van der Waals surface area contributed by atoms with Crippen LogP contribution in [0.4, 0.5) is 0 Å². The van der Waals surface area contributed by atoms with Crippen LogP contribution in [-0.2, 0) is 4.79 Å². The van der Waals surface area contributed by atoms with E-state index < -0.39 is 0 Å². The molecule has 3 nitrogen and oxygen atoms in total. The third-order valence-electron chi connectivity index (χ3n) is 3.79. The van der Waals surface area contributed by atoms with Crippen LogP contribution in [0, 0.1) is 11.8 Å². The normalized spacial score (nSPS) is 13.4. The second kappa shape index (κ2) is 7.55. The van der Waals surface area contributed by atoms with E-state index in [-0.39, 0.29) is 23.8 Å². The quantitative estimate of drug-likeness (QED) is 0.827. The molecule has 3 heteroatoms. The van der Waals surface area contributed by atoms with Gasteiger partial charge in [-0.15, -0.1) is 0 Å². The maximum atomic E-state index is 12.4. The van der Waals surface area contributed by atoms with E-state index in [1.54, 1.807) is 12.1 Å². The highest BCUT2D eigenvalue weighted by molar-refractivity contribution is 5.94. The van der Waals surface area contributed by atoms with Gasteiger partial charge >= 0.3 is 0 Å². The SMILES string of the molecule is CC(C)C(C=O)C(NC(=O)c1ccccc1)c1ccccc1. The van der Waals surface area contributed by atoms with Gasteiger partial charge in [-0.2, -0.15) is 0 Å². The lowest BCUT2D eigenvalue weighted by Crippen LogP contribution is -2.36. The molecule has 0 aliphatic rings. The Kier molecular flexibility index (Phi) is 5.48. The molecule has 1 N–H and O–H groups in total. The van der Waals surface area contributed by atoms with Crippen LogP contribution in [0.25, 0.3) is 0 Å². The van der Waals surface area contributed by atoms with Gasteiger partial charge in [0.05, 0.1) is 6.04 Å². The van der Waals surface area contributed by atoms with Gasteiger partial charge in [-0.05, 0) is 23.6 Å². The zero-order valence-corrected chi connectivity index (χ0v) is 12.9. The van der Waals surface area contributed by atoms with Gasteiger partial charge in [-0.1, -0.05) is 62.4 Å². The fourth-order valence-corrected chi connectivity index (χ4v) is 2.50. The molecule has 2 aromatic rings. The topological polar surface area (TPSA) is 46.2 Å². The third kappa shape index (κ3) is 3.82. The van der Waals surface area contributed by atoms with Gasteiger partial charge in [0.15, 0.2) is 0 Å². The Bertz CT molecular complexity index is 608. The monoisotopic (exact) mass is 295 g/mol. The summed E-state index contributed by atoms with van der Waals surface area (Å²) in [4.78, 5) is 24.0. The highest BCUT2D eigenvalue weighted by atomic mass is 16.1. The van der Waals surface area contributed by atoms with Crippen molar-refractivity contribution in [1.82, 2.24) is 5.32 Å². The van der Waals surface area contributed by atoms with Gasteiger partial charge in [0, 0.05) is 11.5 Å². The average molecular weight is 295 g/mol. The van der Waals surface area contributed by atoms with Crippen molar-refractivity contribution in [2.24, 2.45) is 11.8 Å². The second-order valence-corrected chi connectivity index (χ2v) is 5.69. The minimum absolute atomic E-state index is 0.138. The fraction of sp³-hybridized carbons (Fsp3) is 0.263. The van der Waals surface area contributed by atoms with E-state index in [1.807, 2.05) is 62.4 Å². The largest absolute Gasteiger partial charge is 0.345 e. The number of hydrogen-bond donors (Lipinski definition) is 1. The van der Waals surface area contributed by atoms with Gasteiger partial charge in [0.1, 0.15) is 6.29 Å². The van der Waals surface area contributed by atoms with Crippen molar-refractivity contribution in [2.45, 2.75) is 19.9 Å². The summed E-state index contributed by atoms with van der Waals surface area (Å²) in [5, 5.41) is 3.01. The predicted octanol–water partition coefficient (Wildman–Crippen LogP) is 3.63. The van der Waals surface area contributed by atoms with Crippen LogP contribution in [-0.4, -0.2) is 12.2 Å². The Morgan fingerprint density at radius 2 is 1.50 bits per heavy atom. The number of hydrogen-bond acceptors (Lipinski definition) is 2. The van der Waals surface area contributed by atoms with E-state index in [9.17, 15) is 9.59 Å². The molecule has 0 radical (unpaired) electrons. The van der Waals surface area contributed by atoms with Crippen LogP contribution in [0.3, 0.4) is 0 Å². The fourth-order valence-electron chi connectivity index (χ4n) is 2.50. The van der Waals surface area contributed by atoms with E-state index in [2.05, 4.69) is 5.32 Å². The first kappa shape index (κ1) is 16.0. The van der Waals surface area contributed by atoms with E-state index in [4.69, 9.17) is 0 Å². The van der Waals surface area contributed by atoms with Crippen molar-refractivity contribution in [3.05, 3.63) is 71.8 Å². The first-order valence-electron chi connectivity index (χ1n) is 7.49. The maximum Gasteiger partial charge on any atom is 0.251 e. The van der Waals surface area contributed by atoms with Crippen LogP contribution >= 0.6 is 0 Å². The van der Waals surface area contributed by atoms with Crippen LogP contribution in [0.5, 0.6) is 0 Å². The lowest BCUT2D eigenvalue weighted by Gasteiger charge is -2.27. The molecule has 22 heavy (non-hydrogen) atoms. The van der Waals surface area contributed by atoms with E-state index >= 15 is 0 Å². The lowest BCUT2D eigenvalue weighted by atomic mass is 9.85. The van der Waals surface area contributed by atoms with Gasteiger partial charge in [0.2, 0.25) is 0 Å². The highest BCUT2D eigenvalue weighted by Crippen LogP contribution is 2.27. The first-order chi connectivity index (χ1) is 10.6. The number of rotatable bonds is 6. The predicted molar refractivity (Wildman–Crippen MR) is 87.5 cm³/mol. The Morgan fingerprint density at radius 3 is 2.00 bits per heavy atom. The minimum Gasteiger partial charge on any atom is -0.345 e. The molecule has 0 saturated carbocycles. The highest BCUT2D eigenvalue weighted by Gasteiger charge is 2.27. The number of amides is 1. The van der Waals surface area contributed by atoms with Crippen LogP contribution in [0.2, 0.25) is 0 Å². The van der Waals surface area contributed by atoms with Crippen LogP contribution < -0.4 is 5.32 Å². The molecule has 0 spiro atoms. The number of benzene rings is 2. The van der Waals surface area contributed by atoms with Crippen LogP contribution in [0.15, 0.2) is 60.7 Å². The summed E-state index contributed by atoms with van der Waals surface area (Å²) in [7, 11) is 0. The molecule has 2 rings (SSSR count). The smallest absolute Gasteiger partial charge is 0.251 e. The van der Waals surface area contributed by atoms with Crippen molar-refractivity contribution in [3.63, 3.8) is 0 Å². The van der Waals surface area contributed by atoms with E-state index in [0.29, 0.717) is 5.56 Å². The lowest BCUT2D eigenvalue weighted by molar-refractivity contribution is -0.113. The van der Waals surface area contributed by atoms with Crippen LogP contribution in [0.1, 0.15) is 35.8 Å². The molecule has 0 aliphatic carbocycles. The molecule has 2 atom stereocenters. The number of nitrogens with one attached hydrogen (secondary N) is 1. The van der Waals surface area contributed by atoms with Crippen molar-refractivity contribution in [1.29, 1.82) is 0 Å². The first-order valence-corrected chi connectivity index (χ1v) is 7.49. The summed E-state index contributed by atoms with van der Waals surface area (Å²) in [6.07, 6.45) is 0.938. The summed E-state index contributed by atoms with van der Waals surface area (Å²) in [6, 6.07) is 18.4. The molecule has 0 aliphatic heterocycles. The molecule has 0 heterocycles. The standard InChI is InChI=1S/C19H21NO2/c1-14(2)17(13-21)18(15-9-5-3-6-10-15)20-19(22)16-11-7-4-8-12-16/h3-14,17-18H,1-2H3,(H,20,22). The van der Waals surface area contributed by atoms with Gasteiger partial charge < -0.3 is 10.1 Å². The van der Waals surface area contributed by atoms with Crippen molar-refractivity contribution in [2.75, 3.05) is 0 Å². The summed E-state index contributed by atoms with van der Waals surface area (Å²) in [5.41, 5.74) is 1.54. The van der Waals surface area contributed by atoms with Gasteiger partial charge in [-0.25, -0.2) is 0 Å². The average Bonchev–Trinajstić information content (AvgIpc) is 2.55. The zero-order chi connectivity index (χ0) is 15.9. The molecule has 0 aromatic heterocycles. The van der Waals surface area contributed by atoms with Gasteiger partial charge in [-0.3, -0.25) is 4.79 Å². The summed E-state index contributed by atoms with van der Waals surface area (Å²) >= 11 is 0. The van der Waals surface area contributed by atoms with Crippen molar-refractivity contribution < 1.29 is 9.59 Å². The zero-order valence-electron chi connectivity index (χ0n) is 12.9. The van der Waals surface area contributed by atoms with E-state index in [0.717, 1.165) is 11.8 Å². The second-order valence-electron chi connectivity index (χ2n) is 5.69. The molecule has 2 aromatic carbocycles. The Morgan fingerprint density at radius 1 is 0.955 bits per heavy atom. The molecule has 0 fully saturated rings. The number of carbonyl (C=O) groups excluding carboxylic acids is 2. The Labute approximate surface area is 131 Å². The number of aldehydes is 1. The molecule has 2 unspecified atom stereocenters. The van der Waals surface area contributed by atoms with E-state index in [1.165, 1.54) is 0 Å². The molecule has 114 valence electrons. The molecular formula is C19H21NO2. The Balaban J connectivity index is 2.29. The van der Waals surface area contributed by atoms with Crippen molar-refractivity contribution >= 4 is 12.2 Å². The summed E-state index contributed by atoms with van der Waals surface area (Å²) in [6.45, 7) is 3.98. The van der Waals surface area contributed by atoms with Crippen molar-refractivity contribution in [3.8, 4) is 0 Å². The molecule has 1 amide bonds. The summed E-state index contributed by atoms with van der Waals surface area (Å²) < 4.78 is 0. The minimum atomic E-state index is -0.327. The third-order valence-corrected chi connectivity index (χ3v) is 3.79.